The van der Waals surface area contributed by atoms with Gasteiger partial charge in [0.1, 0.15) is 0 Å². The van der Waals surface area contributed by atoms with Crippen molar-refractivity contribution in [1.82, 2.24) is 4.72 Å². The summed E-state index contributed by atoms with van der Waals surface area (Å²) in [6.45, 7) is 1.39. The molecule has 6 heteroatoms. The number of amides is 1. The summed E-state index contributed by atoms with van der Waals surface area (Å²) in [4.78, 5) is 10.9. The molecule has 0 heterocycles. The van der Waals surface area contributed by atoms with Gasteiger partial charge in [-0.1, -0.05) is 0 Å². The van der Waals surface area contributed by atoms with Gasteiger partial charge in [-0.05, 0) is 31.3 Å². The van der Waals surface area contributed by atoms with E-state index in [-0.39, 0.29) is 10.8 Å². The van der Waals surface area contributed by atoms with Crippen molar-refractivity contribution in [3.05, 3.63) is 24.3 Å². The Morgan fingerprint density at radius 2 is 1.73 bits per heavy atom. The minimum absolute atomic E-state index is 0.166. The molecule has 0 saturated carbocycles. The molecule has 15 heavy (non-hydrogen) atoms. The number of nitrogens with one attached hydrogen (secondary N) is 2. The lowest BCUT2D eigenvalue weighted by Gasteiger charge is -2.04. The van der Waals surface area contributed by atoms with Crippen molar-refractivity contribution in [2.75, 3.05) is 12.4 Å². The Morgan fingerprint density at radius 1 is 1.20 bits per heavy atom. The van der Waals surface area contributed by atoms with Crippen LogP contribution in [-0.4, -0.2) is 21.4 Å². The van der Waals surface area contributed by atoms with Crippen LogP contribution in [0.15, 0.2) is 29.2 Å². The van der Waals surface area contributed by atoms with E-state index in [0.29, 0.717) is 5.69 Å². The Kier molecular flexibility index (Phi) is 3.43. The third-order valence-corrected chi connectivity index (χ3v) is 3.18. The molecule has 0 unspecified atom stereocenters. The van der Waals surface area contributed by atoms with Gasteiger partial charge >= 0.3 is 0 Å². The third kappa shape index (κ3) is 3.03. The molecule has 0 aromatic heterocycles. The fraction of sp³-hybridized carbons (Fsp3) is 0.222. The normalized spacial score (nSPS) is 11.1. The van der Waals surface area contributed by atoms with Gasteiger partial charge in [-0.2, -0.15) is 0 Å². The van der Waals surface area contributed by atoms with Gasteiger partial charge in [-0.25, -0.2) is 13.1 Å². The van der Waals surface area contributed by atoms with Gasteiger partial charge in [0.05, 0.1) is 4.90 Å². The van der Waals surface area contributed by atoms with Crippen LogP contribution in [0.5, 0.6) is 0 Å². The highest BCUT2D eigenvalue weighted by molar-refractivity contribution is 7.89. The third-order valence-electron chi connectivity index (χ3n) is 1.75. The van der Waals surface area contributed by atoms with Crippen LogP contribution in [0.2, 0.25) is 0 Å². The van der Waals surface area contributed by atoms with E-state index in [1.807, 2.05) is 0 Å². The summed E-state index contributed by atoms with van der Waals surface area (Å²) in [6.07, 6.45) is 0. The molecular formula is C9H12N2O3S. The number of hydrogen-bond donors (Lipinski definition) is 2. The molecule has 1 amide bonds. The first-order valence-electron chi connectivity index (χ1n) is 4.27. The molecule has 0 spiro atoms. The first-order valence-corrected chi connectivity index (χ1v) is 5.75. The SMILES string of the molecule is CNS(=O)(=O)c1ccc(NC(C)=O)cc1. The number of carbonyl (C=O) groups is 1. The molecule has 0 atom stereocenters. The van der Waals surface area contributed by atoms with Crippen molar-refractivity contribution >= 4 is 21.6 Å². The molecule has 0 aliphatic heterocycles. The molecule has 82 valence electrons. The van der Waals surface area contributed by atoms with E-state index in [1.165, 1.54) is 38.2 Å². The number of sulfonamides is 1. The zero-order chi connectivity index (χ0) is 11.5. The van der Waals surface area contributed by atoms with Crippen LogP contribution >= 0.6 is 0 Å². The van der Waals surface area contributed by atoms with Crippen LogP contribution in [-0.2, 0) is 14.8 Å². The Bertz CT molecular complexity index is 451. The Morgan fingerprint density at radius 3 is 2.13 bits per heavy atom. The molecule has 0 saturated heterocycles. The molecule has 2 N–H and O–H groups in total. The number of anilines is 1. The average Bonchev–Trinajstić information content (AvgIpc) is 2.18. The lowest BCUT2D eigenvalue weighted by atomic mass is 10.3. The highest BCUT2D eigenvalue weighted by atomic mass is 32.2. The fourth-order valence-electron chi connectivity index (χ4n) is 1.04. The molecule has 5 nitrogen and oxygen atoms in total. The maximum Gasteiger partial charge on any atom is 0.240 e. The lowest BCUT2D eigenvalue weighted by Crippen LogP contribution is -2.18. The molecule has 1 aromatic carbocycles. The Labute approximate surface area is 88.5 Å². The number of hydrogen-bond acceptors (Lipinski definition) is 3. The van der Waals surface area contributed by atoms with Crippen LogP contribution < -0.4 is 10.0 Å². The summed E-state index contributed by atoms with van der Waals surface area (Å²) in [5.41, 5.74) is 0.567. The van der Waals surface area contributed by atoms with E-state index in [0.717, 1.165) is 0 Å². The van der Waals surface area contributed by atoms with E-state index in [9.17, 15) is 13.2 Å². The first-order chi connectivity index (χ1) is 6.95. The molecule has 0 aliphatic carbocycles. The van der Waals surface area contributed by atoms with Gasteiger partial charge in [0.2, 0.25) is 15.9 Å². The summed E-state index contributed by atoms with van der Waals surface area (Å²) in [7, 11) is -2.06. The van der Waals surface area contributed by atoms with Crippen molar-refractivity contribution in [3.8, 4) is 0 Å². The first kappa shape index (κ1) is 11.7. The van der Waals surface area contributed by atoms with E-state index in [1.54, 1.807) is 0 Å². The molecule has 1 rings (SSSR count). The fourth-order valence-corrected chi connectivity index (χ4v) is 1.77. The predicted molar refractivity (Wildman–Crippen MR) is 57.0 cm³/mol. The van der Waals surface area contributed by atoms with Crippen LogP contribution in [0.3, 0.4) is 0 Å². The second kappa shape index (κ2) is 4.41. The zero-order valence-corrected chi connectivity index (χ0v) is 9.26. The highest BCUT2D eigenvalue weighted by Gasteiger charge is 2.10. The molecule has 0 radical (unpaired) electrons. The van der Waals surface area contributed by atoms with Crippen LogP contribution in [0.25, 0.3) is 0 Å². The lowest BCUT2D eigenvalue weighted by molar-refractivity contribution is -0.114. The number of benzene rings is 1. The number of rotatable bonds is 3. The van der Waals surface area contributed by atoms with E-state index >= 15 is 0 Å². The maximum atomic E-state index is 11.3. The van der Waals surface area contributed by atoms with Crippen LogP contribution in [0, 0.1) is 0 Å². The van der Waals surface area contributed by atoms with Gasteiger partial charge in [-0.15, -0.1) is 0 Å². The Hall–Kier alpha value is -1.40. The maximum absolute atomic E-state index is 11.3. The summed E-state index contributed by atoms with van der Waals surface area (Å²) in [6, 6.07) is 5.92. The van der Waals surface area contributed by atoms with Gasteiger partial charge in [0.15, 0.2) is 0 Å². The molecule has 0 aliphatic rings. The Balaban J connectivity index is 2.95. The monoisotopic (exact) mass is 228 g/mol. The van der Waals surface area contributed by atoms with Crippen molar-refractivity contribution < 1.29 is 13.2 Å². The minimum atomic E-state index is -3.41. The summed E-state index contributed by atoms with van der Waals surface area (Å²) in [5.74, 6) is -0.195. The van der Waals surface area contributed by atoms with E-state index in [4.69, 9.17) is 0 Å². The summed E-state index contributed by atoms with van der Waals surface area (Å²) in [5, 5.41) is 2.55. The number of carbonyl (C=O) groups excluding carboxylic acids is 1. The molecular weight excluding hydrogens is 216 g/mol. The van der Waals surface area contributed by atoms with E-state index < -0.39 is 10.0 Å². The second-order valence-electron chi connectivity index (χ2n) is 2.91. The minimum Gasteiger partial charge on any atom is -0.326 e. The molecule has 0 fully saturated rings. The van der Waals surface area contributed by atoms with Gasteiger partial charge in [0, 0.05) is 12.6 Å². The van der Waals surface area contributed by atoms with E-state index in [2.05, 4.69) is 10.0 Å². The van der Waals surface area contributed by atoms with Crippen molar-refractivity contribution in [2.24, 2.45) is 0 Å². The summed E-state index contributed by atoms with van der Waals surface area (Å²) < 4.78 is 24.9. The van der Waals surface area contributed by atoms with Crippen molar-refractivity contribution in [3.63, 3.8) is 0 Å². The standard InChI is InChI=1S/C9H12N2O3S/c1-7(12)11-8-3-5-9(6-4-8)15(13,14)10-2/h3-6,10H,1-2H3,(H,11,12). The smallest absolute Gasteiger partial charge is 0.240 e. The second-order valence-corrected chi connectivity index (χ2v) is 4.80. The quantitative estimate of drug-likeness (QED) is 0.793. The average molecular weight is 228 g/mol. The molecule has 0 bridgehead atoms. The van der Waals surface area contributed by atoms with Crippen molar-refractivity contribution in [2.45, 2.75) is 11.8 Å². The van der Waals surface area contributed by atoms with Gasteiger partial charge < -0.3 is 5.32 Å². The molecule has 1 aromatic rings. The highest BCUT2D eigenvalue weighted by Crippen LogP contribution is 2.13. The zero-order valence-electron chi connectivity index (χ0n) is 8.44. The summed E-state index contributed by atoms with van der Waals surface area (Å²) >= 11 is 0. The van der Waals surface area contributed by atoms with Crippen LogP contribution in [0.4, 0.5) is 5.69 Å². The topological polar surface area (TPSA) is 75.3 Å². The van der Waals surface area contributed by atoms with Gasteiger partial charge in [-0.3, -0.25) is 4.79 Å². The predicted octanol–water partition coefficient (Wildman–Crippen LogP) is 0.553. The van der Waals surface area contributed by atoms with Crippen LogP contribution in [0.1, 0.15) is 6.92 Å². The largest absolute Gasteiger partial charge is 0.326 e. The van der Waals surface area contributed by atoms with Gasteiger partial charge in [0.25, 0.3) is 0 Å². The van der Waals surface area contributed by atoms with Crippen molar-refractivity contribution in [1.29, 1.82) is 0 Å².